The molecular weight excluding hydrogens is 260 g/mol. The Morgan fingerprint density at radius 2 is 2.05 bits per heavy atom. The molecule has 0 bridgehead atoms. The number of ether oxygens (including phenoxy) is 3. The zero-order chi connectivity index (χ0) is 14.5. The number of methoxy groups -OCH3 is 1. The first-order valence-electron chi connectivity index (χ1n) is 6.78. The van der Waals surface area contributed by atoms with Crippen molar-refractivity contribution in [1.29, 1.82) is 0 Å². The third kappa shape index (κ3) is 3.71. The number of carbonyl (C=O) groups excluding carboxylic acids is 1. The number of esters is 1. The van der Waals surface area contributed by atoms with E-state index in [1.54, 1.807) is 31.2 Å². The van der Waals surface area contributed by atoms with Crippen molar-refractivity contribution in [2.45, 2.75) is 44.7 Å². The van der Waals surface area contributed by atoms with Crippen LogP contribution in [0.3, 0.4) is 0 Å². The molecule has 0 radical (unpaired) electrons. The molecule has 1 aromatic carbocycles. The number of aliphatic hydroxyl groups is 1. The van der Waals surface area contributed by atoms with Crippen LogP contribution in [0.15, 0.2) is 24.3 Å². The maximum atomic E-state index is 11.5. The van der Waals surface area contributed by atoms with Crippen LogP contribution in [0.2, 0.25) is 0 Å². The van der Waals surface area contributed by atoms with Crippen LogP contribution < -0.4 is 4.74 Å². The molecule has 1 unspecified atom stereocenters. The van der Waals surface area contributed by atoms with Crippen molar-refractivity contribution < 1.29 is 24.1 Å². The summed E-state index contributed by atoms with van der Waals surface area (Å²) in [7, 11) is 1.35. The summed E-state index contributed by atoms with van der Waals surface area (Å²) < 4.78 is 16.0. The molecule has 1 N–H and O–H groups in total. The van der Waals surface area contributed by atoms with Crippen LogP contribution >= 0.6 is 0 Å². The largest absolute Gasteiger partial charge is 0.467 e. The Kier molecular flexibility index (Phi) is 4.98. The normalized spacial score (nSPS) is 23.9. The highest BCUT2D eigenvalue weighted by atomic mass is 16.7. The number of aliphatic hydroxyl groups excluding tert-OH is 1. The number of benzene rings is 1. The highest BCUT2D eigenvalue weighted by Crippen LogP contribution is 2.24. The minimum atomic E-state index is -0.546. The molecule has 0 spiro atoms. The maximum absolute atomic E-state index is 11.5. The Hall–Kier alpha value is -1.59. The summed E-state index contributed by atoms with van der Waals surface area (Å²) in [5.41, 5.74) is 0.828. The minimum Gasteiger partial charge on any atom is -0.467 e. The Balaban J connectivity index is 1.94. The molecule has 110 valence electrons. The molecule has 20 heavy (non-hydrogen) atoms. The number of rotatable bonds is 4. The fraction of sp³-hybridized carbons (Fsp3) is 0.533. The number of hydrogen-bond donors (Lipinski definition) is 1. The number of carbonyl (C=O) groups is 1. The van der Waals surface area contributed by atoms with Crippen molar-refractivity contribution in [3.05, 3.63) is 29.8 Å². The Bertz CT molecular complexity index is 440. The lowest BCUT2D eigenvalue weighted by molar-refractivity contribution is -0.183. The minimum absolute atomic E-state index is 0.359. The van der Waals surface area contributed by atoms with Gasteiger partial charge in [0.1, 0.15) is 5.75 Å². The quantitative estimate of drug-likeness (QED) is 0.856. The second kappa shape index (κ2) is 6.72. The van der Waals surface area contributed by atoms with Crippen LogP contribution in [-0.2, 0) is 14.3 Å². The smallest absolute Gasteiger partial charge is 0.335 e. The monoisotopic (exact) mass is 280 g/mol. The van der Waals surface area contributed by atoms with Gasteiger partial charge >= 0.3 is 5.97 Å². The van der Waals surface area contributed by atoms with Gasteiger partial charge in [-0.05, 0) is 37.5 Å². The van der Waals surface area contributed by atoms with Gasteiger partial charge in [0.05, 0.1) is 13.2 Å². The van der Waals surface area contributed by atoms with E-state index in [0.29, 0.717) is 12.2 Å². The summed E-state index contributed by atoms with van der Waals surface area (Å²) in [4.78, 5) is 11.5. The van der Waals surface area contributed by atoms with Crippen LogP contribution in [0, 0.1) is 0 Å². The van der Waals surface area contributed by atoms with Crippen molar-refractivity contribution in [3.63, 3.8) is 0 Å². The van der Waals surface area contributed by atoms with Crippen LogP contribution in [-0.4, -0.2) is 30.6 Å². The standard InChI is InChI=1S/C15H20O5/c1-10(16)11-6-8-12(9-7-11)19-14-5-3-4-13(20-14)15(17)18-2/h6-10,13-14,16H,3-5H2,1-2H3/t10?,13-,14+/m0/s1. The summed E-state index contributed by atoms with van der Waals surface area (Å²) in [5.74, 6) is 0.299. The lowest BCUT2D eigenvalue weighted by Gasteiger charge is -2.28. The molecule has 0 saturated carbocycles. The van der Waals surface area contributed by atoms with E-state index in [1.807, 2.05) is 0 Å². The Morgan fingerprint density at radius 1 is 1.35 bits per heavy atom. The van der Waals surface area contributed by atoms with E-state index >= 15 is 0 Å². The third-order valence-corrected chi connectivity index (χ3v) is 3.32. The highest BCUT2D eigenvalue weighted by molar-refractivity contribution is 5.74. The van der Waals surface area contributed by atoms with Gasteiger partial charge in [-0.25, -0.2) is 4.79 Å². The summed E-state index contributed by atoms with van der Waals surface area (Å²) in [6.45, 7) is 1.71. The maximum Gasteiger partial charge on any atom is 0.335 e. The van der Waals surface area contributed by atoms with E-state index in [1.165, 1.54) is 7.11 Å². The van der Waals surface area contributed by atoms with Crippen molar-refractivity contribution in [3.8, 4) is 5.75 Å². The summed E-state index contributed by atoms with van der Waals surface area (Å²) >= 11 is 0. The molecule has 1 fully saturated rings. The van der Waals surface area contributed by atoms with Gasteiger partial charge in [0.15, 0.2) is 6.10 Å². The fourth-order valence-corrected chi connectivity index (χ4v) is 2.16. The van der Waals surface area contributed by atoms with Crippen molar-refractivity contribution in [1.82, 2.24) is 0 Å². The molecule has 5 nitrogen and oxygen atoms in total. The zero-order valence-corrected chi connectivity index (χ0v) is 11.7. The third-order valence-electron chi connectivity index (χ3n) is 3.32. The van der Waals surface area contributed by atoms with E-state index in [4.69, 9.17) is 9.47 Å². The summed E-state index contributed by atoms with van der Waals surface area (Å²) in [6, 6.07) is 7.18. The van der Waals surface area contributed by atoms with Gasteiger partial charge in [-0.1, -0.05) is 12.1 Å². The van der Waals surface area contributed by atoms with Gasteiger partial charge in [-0.2, -0.15) is 0 Å². The molecule has 0 aromatic heterocycles. The van der Waals surface area contributed by atoms with Gasteiger partial charge in [-0.3, -0.25) is 0 Å². The topological polar surface area (TPSA) is 65.0 Å². The zero-order valence-electron chi connectivity index (χ0n) is 11.7. The molecule has 1 saturated heterocycles. The molecule has 5 heteroatoms. The van der Waals surface area contributed by atoms with Crippen LogP contribution in [0.5, 0.6) is 5.75 Å². The summed E-state index contributed by atoms with van der Waals surface area (Å²) in [5, 5.41) is 9.44. The van der Waals surface area contributed by atoms with E-state index < -0.39 is 18.5 Å². The first-order valence-corrected chi connectivity index (χ1v) is 6.78. The molecule has 1 aliphatic rings. The van der Waals surface area contributed by atoms with Gasteiger partial charge < -0.3 is 19.3 Å². The van der Waals surface area contributed by atoms with Crippen molar-refractivity contribution in [2.75, 3.05) is 7.11 Å². The predicted octanol–water partition coefficient (Wildman–Crippen LogP) is 2.19. The van der Waals surface area contributed by atoms with Gasteiger partial charge in [0.2, 0.25) is 6.29 Å². The molecular formula is C15H20O5. The van der Waals surface area contributed by atoms with Crippen LogP contribution in [0.1, 0.15) is 37.9 Å². The average molecular weight is 280 g/mol. The fourth-order valence-electron chi connectivity index (χ4n) is 2.16. The second-order valence-electron chi connectivity index (χ2n) is 4.87. The first kappa shape index (κ1) is 14.8. The Labute approximate surface area is 118 Å². The van der Waals surface area contributed by atoms with Gasteiger partial charge in [-0.15, -0.1) is 0 Å². The van der Waals surface area contributed by atoms with Gasteiger partial charge in [0, 0.05) is 6.42 Å². The lowest BCUT2D eigenvalue weighted by atomic mass is 10.1. The number of hydrogen-bond acceptors (Lipinski definition) is 5. The first-order chi connectivity index (χ1) is 9.60. The molecule has 0 aliphatic carbocycles. The average Bonchev–Trinajstić information content (AvgIpc) is 2.47. The molecule has 1 aliphatic heterocycles. The molecule has 0 amide bonds. The van der Waals surface area contributed by atoms with E-state index in [-0.39, 0.29) is 5.97 Å². The van der Waals surface area contributed by atoms with E-state index in [9.17, 15) is 9.90 Å². The van der Waals surface area contributed by atoms with E-state index in [0.717, 1.165) is 18.4 Å². The summed E-state index contributed by atoms with van der Waals surface area (Å²) in [6.07, 6.45) is 0.773. The molecule has 3 atom stereocenters. The van der Waals surface area contributed by atoms with Crippen LogP contribution in [0.4, 0.5) is 0 Å². The second-order valence-corrected chi connectivity index (χ2v) is 4.87. The van der Waals surface area contributed by atoms with Crippen molar-refractivity contribution in [2.24, 2.45) is 0 Å². The van der Waals surface area contributed by atoms with Crippen LogP contribution in [0.25, 0.3) is 0 Å². The van der Waals surface area contributed by atoms with Crippen molar-refractivity contribution >= 4 is 5.97 Å². The molecule has 2 rings (SSSR count). The molecule has 1 heterocycles. The lowest BCUT2D eigenvalue weighted by Crippen LogP contribution is -2.37. The van der Waals surface area contributed by atoms with Gasteiger partial charge in [0.25, 0.3) is 0 Å². The van der Waals surface area contributed by atoms with E-state index in [2.05, 4.69) is 4.74 Å². The molecule has 1 aromatic rings. The highest BCUT2D eigenvalue weighted by Gasteiger charge is 2.29. The SMILES string of the molecule is COC(=O)[C@@H]1CCC[C@H](Oc2ccc(C(C)O)cc2)O1. The Morgan fingerprint density at radius 3 is 2.65 bits per heavy atom. The predicted molar refractivity (Wildman–Crippen MR) is 72.2 cm³/mol.